The summed E-state index contributed by atoms with van der Waals surface area (Å²) in [5, 5.41) is 12.7. The highest BCUT2D eigenvalue weighted by Gasteiger charge is 2.27. The number of nitrogens with zero attached hydrogens (tertiary/aromatic N) is 1. The maximum atomic E-state index is 12.0. The number of aliphatic hydroxyl groups excluding tert-OH is 1. The molecule has 1 aliphatic heterocycles. The van der Waals surface area contributed by atoms with Crippen molar-refractivity contribution in [2.75, 3.05) is 13.2 Å². The first-order valence-corrected chi connectivity index (χ1v) is 6.49. The quantitative estimate of drug-likeness (QED) is 0.881. The first-order valence-electron chi connectivity index (χ1n) is 6.11. The summed E-state index contributed by atoms with van der Waals surface area (Å²) in [5.74, 6) is 0. The molecule has 0 bridgehead atoms. The van der Waals surface area contributed by atoms with Crippen LogP contribution in [-0.2, 0) is 6.54 Å². The molecule has 1 heterocycles. The summed E-state index contributed by atoms with van der Waals surface area (Å²) in [5.41, 5.74) is 0.896. The Balaban J connectivity index is 1.90. The van der Waals surface area contributed by atoms with Crippen LogP contribution in [0.25, 0.3) is 0 Å². The van der Waals surface area contributed by atoms with E-state index in [4.69, 9.17) is 11.6 Å². The zero-order valence-electron chi connectivity index (χ0n) is 10.1. The smallest absolute Gasteiger partial charge is 0.317 e. The molecule has 4 nitrogen and oxygen atoms in total. The predicted octanol–water partition coefficient (Wildman–Crippen LogP) is 2.01. The summed E-state index contributed by atoms with van der Waals surface area (Å²) >= 11 is 6.02. The Hall–Kier alpha value is -1.26. The van der Waals surface area contributed by atoms with Crippen molar-refractivity contribution >= 4 is 17.6 Å². The van der Waals surface area contributed by atoms with Crippen molar-refractivity contribution in [3.63, 3.8) is 0 Å². The number of rotatable bonds is 3. The van der Waals surface area contributed by atoms with Crippen molar-refractivity contribution in [1.82, 2.24) is 10.2 Å². The minimum absolute atomic E-state index is 0.0273. The second-order valence-electron chi connectivity index (χ2n) is 4.42. The Bertz CT molecular complexity index is 425. The Labute approximate surface area is 112 Å². The van der Waals surface area contributed by atoms with Gasteiger partial charge in [-0.05, 0) is 24.5 Å². The fraction of sp³-hybridized carbons (Fsp3) is 0.462. The fourth-order valence-electron chi connectivity index (χ4n) is 2.21. The molecular weight excluding hydrogens is 252 g/mol. The molecule has 0 saturated carbocycles. The number of urea groups is 1. The molecule has 2 amide bonds. The zero-order chi connectivity index (χ0) is 13.0. The van der Waals surface area contributed by atoms with Crippen LogP contribution in [0.2, 0.25) is 5.02 Å². The van der Waals surface area contributed by atoms with Gasteiger partial charge < -0.3 is 15.3 Å². The van der Waals surface area contributed by atoms with Crippen LogP contribution in [0.3, 0.4) is 0 Å². The van der Waals surface area contributed by atoms with E-state index in [9.17, 15) is 9.90 Å². The summed E-state index contributed by atoms with van der Waals surface area (Å²) in [6.45, 7) is 1.15. The Morgan fingerprint density at radius 3 is 3.00 bits per heavy atom. The van der Waals surface area contributed by atoms with Gasteiger partial charge in [0.25, 0.3) is 0 Å². The Kier molecular flexibility index (Phi) is 4.44. The van der Waals surface area contributed by atoms with Gasteiger partial charge in [0.2, 0.25) is 0 Å². The molecule has 1 aromatic rings. The van der Waals surface area contributed by atoms with Gasteiger partial charge in [0, 0.05) is 18.1 Å². The monoisotopic (exact) mass is 268 g/mol. The van der Waals surface area contributed by atoms with Crippen LogP contribution in [-0.4, -0.2) is 35.2 Å². The minimum Gasteiger partial charge on any atom is -0.394 e. The van der Waals surface area contributed by atoms with Gasteiger partial charge in [0.05, 0.1) is 12.6 Å². The average Bonchev–Trinajstić information content (AvgIpc) is 2.86. The number of amides is 2. The molecule has 2 N–H and O–H groups in total. The van der Waals surface area contributed by atoms with Crippen LogP contribution in [0.5, 0.6) is 0 Å². The molecule has 98 valence electrons. The second-order valence-corrected chi connectivity index (χ2v) is 4.83. The van der Waals surface area contributed by atoms with Gasteiger partial charge in [-0.25, -0.2) is 4.79 Å². The van der Waals surface area contributed by atoms with Crippen LogP contribution in [0.1, 0.15) is 18.4 Å². The topological polar surface area (TPSA) is 52.6 Å². The molecule has 5 heteroatoms. The van der Waals surface area contributed by atoms with Crippen LogP contribution in [0.15, 0.2) is 24.3 Å². The highest BCUT2D eigenvalue weighted by molar-refractivity contribution is 6.31. The van der Waals surface area contributed by atoms with Gasteiger partial charge in [-0.3, -0.25) is 0 Å². The van der Waals surface area contributed by atoms with Gasteiger partial charge in [0.15, 0.2) is 0 Å². The summed E-state index contributed by atoms with van der Waals surface area (Å²) in [7, 11) is 0. The molecule has 1 aliphatic rings. The fourth-order valence-corrected chi connectivity index (χ4v) is 2.41. The lowest BCUT2D eigenvalue weighted by Gasteiger charge is -2.23. The number of likely N-dealkylation sites (tertiary alicyclic amines) is 1. The lowest BCUT2D eigenvalue weighted by Crippen LogP contribution is -2.43. The third-order valence-electron chi connectivity index (χ3n) is 3.24. The number of halogens is 1. The number of aliphatic hydroxyl groups is 1. The molecular formula is C13H17ClN2O2. The highest BCUT2D eigenvalue weighted by Crippen LogP contribution is 2.18. The number of carbonyl (C=O) groups is 1. The van der Waals surface area contributed by atoms with Crippen molar-refractivity contribution in [2.45, 2.75) is 25.4 Å². The van der Waals surface area contributed by atoms with E-state index in [1.54, 1.807) is 11.0 Å². The first-order chi connectivity index (χ1) is 8.72. The van der Waals surface area contributed by atoms with Crippen LogP contribution in [0, 0.1) is 0 Å². The second kappa shape index (κ2) is 6.07. The number of nitrogens with one attached hydrogen (secondary N) is 1. The lowest BCUT2D eigenvalue weighted by molar-refractivity contribution is 0.157. The van der Waals surface area contributed by atoms with Gasteiger partial charge in [0.1, 0.15) is 0 Å². The molecule has 0 aliphatic carbocycles. The van der Waals surface area contributed by atoms with Gasteiger partial charge in [-0.1, -0.05) is 29.8 Å². The zero-order valence-corrected chi connectivity index (χ0v) is 10.9. The van der Waals surface area contributed by atoms with Crippen molar-refractivity contribution in [1.29, 1.82) is 0 Å². The molecule has 0 unspecified atom stereocenters. The van der Waals surface area contributed by atoms with Gasteiger partial charge in [-0.15, -0.1) is 0 Å². The molecule has 0 radical (unpaired) electrons. The average molecular weight is 269 g/mol. The molecule has 0 aromatic heterocycles. The third-order valence-corrected chi connectivity index (χ3v) is 3.61. The molecule has 18 heavy (non-hydrogen) atoms. The molecule has 2 rings (SSSR count). The Morgan fingerprint density at radius 2 is 2.28 bits per heavy atom. The van der Waals surface area contributed by atoms with E-state index in [0.717, 1.165) is 18.4 Å². The minimum atomic E-state index is -0.133. The molecule has 0 spiro atoms. The van der Waals surface area contributed by atoms with E-state index < -0.39 is 0 Å². The molecule has 1 fully saturated rings. The number of benzene rings is 1. The largest absolute Gasteiger partial charge is 0.394 e. The van der Waals surface area contributed by atoms with E-state index in [2.05, 4.69) is 5.32 Å². The maximum Gasteiger partial charge on any atom is 0.317 e. The predicted molar refractivity (Wildman–Crippen MR) is 70.5 cm³/mol. The number of carbonyl (C=O) groups excluding carboxylic acids is 1. The van der Waals surface area contributed by atoms with Crippen molar-refractivity contribution in [2.24, 2.45) is 0 Å². The summed E-state index contributed by atoms with van der Waals surface area (Å²) in [6.07, 6.45) is 1.82. The SMILES string of the molecule is O=C(NCc1ccccc1Cl)N1CCC[C@@H]1CO. The molecule has 1 saturated heterocycles. The molecule has 1 aromatic carbocycles. The maximum absolute atomic E-state index is 12.0. The van der Waals surface area contributed by atoms with Gasteiger partial charge >= 0.3 is 6.03 Å². The van der Waals surface area contributed by atoms with Crippen molar-refractivity contribution in [3.05, 3.63) is 34.9 Å². The normalized spacial score (nSPS) is 19.0. The van der Waals surface area contributed by atoms with Gasteiger partial charge in [-0.2, -0.15) is 0 Å². The lowest BCUT2D eigenvalue weighted by atomic mass is 10.2. The van der Waals surface area contributed by atoms with E-state index >= 15 is 0 Å². The Morgan fingerprint density at radius 1 is 1.50 bits per heavy atom. The summed E-state index contributed by atoms with van der Waals surface area (Å²) in [4.78, 5) is 13.7. The first kappa shape index (κ1) is 13.2. The highest BCUT2D eigenvalue weighted by atomic mass is 35.5. The number of hydrogen-bond donors (Lipinski definition) is 2. The van der Waals surface area contributed by atoms with Crippen LogP contribution >= 0.6 is 11.6 Å². The third kappa shape index (κ3) is 2.94. The molecule has 1 atom stereocenters. The summed E-state index contributed by atoms with van der Waals surface area (Å²) in [6, 6.07) is 7.25. The van der Waals surface area contributed by atoms with Crippen molar-refractivity contribution < 1.29 is 9.90 Å². The van der Waals surface area contributed by atoms with E-state index in [1.165, 1.54) is 0 Å². The van der Waals surface area contributed by atoms with E-state index in [0.29, 0.717) is 18.1 Å². The summed E-state index contributed by atoms with van der Waals surface area (Å²) < 4.78 is 0. The van der Waals surface area contributed by atoms with E-state index in [1.807, 2.05) is 18.2 Å². The van der Waals surface area contributed by atoms with Crippen LogP contribution in [0.4, 0.5) is 4.79 Å². The van der Waals surface area contributed by atoms with E-state index in [-0.39, 0.29) is 18.7 Å². The van der Waals surface area contributed by atoms with Crippen molar-refractivity contribution in [3.8, 4) is 0 Å². The standard InChI is InChI=1S/C13H17ClN2O2/c14-12-6-2-1-4-10(12)8-15-13(18)16-7-3-5-11(16)9-17/h1-2,4,6,11,17H,3,5,7-9H2,(H,15,18)/t11-/m1/s1. The number of hydrogen-bond acceptors (Lipinski definition) is 2. The van der Waals surface area contributed by atoms with Crippen LogP contribution < -0.4 is 5.32 Å².